The van der Waals surface area contributed by atoms with Crippen LogP contribution in [0.2, 0.25) is 0 Å². The van der Waals surface area contributed by atoms with E-state index < -0.39 is 10.0 Å². The van der Waals surface area contributed by atoms with Crippen LogP contribution in [-0.4, -0.2) is 54.3 Å². The van der Waals surface area contributed by atoms with Gasteiger partial charge in [0.15, 0.2) is 0 Å². The van der Waals surface area contributed by atoms with Gasteiger partial charge in [0.25, 0.3) is 0 Å². The van der Waals surface area contributed by atoms with Crippen LogP contribution in [0.15, 0.2) is 52.3 Å². The van der Waals surface area contributed by atoms with Crippen molar-refractivity contribution >= 4 is 39.3 Å². The van der Waals surface area contributed by atoms with Gasteiger partial charge in [-0.25, -0.2) is 8.42 Å². The van der Waals surface area contributed by atoms with Gasteiger partial charge in [0.1, 0.15) is 0 Å². The zero-order valence-electron chi connectivity index (χ0n) is 18.5. The SMILES string of the molecule is CC1Sc2ccc(S(=O)(=O)N3CCC(C(=O)N4CCc5ccccc5C4)CC3)cc2NC1=O. The summed E-state index contributed by atoms with van der Waals surface area (Å²) in [5.74, 6) is -0.145. The second-order valence-corrected chi connectivity index (χ2v) is 12.2. The minimum atomic E-state index is -3.69. The molecule has 3 aliphatic rings. The Morgan fingerprint density at radius 1 is 1.06 bits per heavy atom. The molecule has 0 saturated carbocycles. The largest absolute Gasteiger partial charge is 0.338 e. The highest BCUT2D eigenvalue weighted by Gasteiger charge is 2.35. The number of sulfonamides is 1. The Labute approximate surface area is 198 Å². The molecule has 0 radical (unpaired) electrons. The third kappa shape index (κ3) is 4.29. The first kappa shape index (κ1) is 22.4. The van der Waals surface area contributed by atoms with E-state index in [1.807, 2.05) is 24.0 Å². The number of piperidine rings is 1. The Balaban J connectivity index is 1.24. The van der Waals surface area contributed by atoms with E-state index in [4.69, 9.17) is 0 Å². The van der Waals surface area contributed by atoms with E-state index in [2.05, 4.69) is 17.4 Å². The van der Waals surface area contributed by atoms with Gasteiger partial charge in [0, 0.05) is 37.0 Å². The van der Waals surface area contributed by atoms with Crippen LogP contribution in [0.4, 0.5) is 5.69 Å². The molecule has 0 bridgehead atoms. The Morgan fingerprint density at radius 2 is 1.79 bits per heavy atom. The first-order chi connectivity index (χ1) is 15.8. The minimum absolute atomic E-state index is 0.123. The number of anilines is 1. The summed E-state index contributed by atoms with van der Waals surface area (Å²) in [4.78, 5) is 28.1. The van der Waals surface area contributed by atoms with Crippen LogP contribution in [0.1, 0.15) is 30.9 Å². The Morgan fingerprint density at radius 3 is 2.55 bits per heavy atom. The highest BCUT2D eigenvalue weighted by Crippen LogP contribution is 2.37. The molecule has 33 heavy (non-hydrogen) atoms. The fourth-order valence-corrected chi connectivity index (χ4v) is 7.21. The number of carbonyl (C=O) groups excluding carboxylic acids is 2. The van der Waals surface area contributed by atoms with Crippen molar-refractivity contribution < 1.29 is 18.0 Å². The summed E-state index contributed by atoms with van der Waals surface area (Å²) in [5, 5.41) is 2.59. The van der Waals surface area contributed by atoms with Crippen molar-refractivity contribution in [1.82, 2.24) is 9.21 Å². The maximum atomic E-state index is 13.2. The van der Waals surface area contributed by atoms with Crippen molar-refractivity contribution in [2.45, 2.75) is 47.8 Å². The Bertz CT molecular complexity index is 1210. The highest BCUT2D eigenvalue weighted by atomic mass is 32.2. The fraction of sp³-hybridized carbons (Fsp3) is 0.417. The highest BCUT2D eigenvalue weighted by molar-refractivity contribution is 8.01. The van der Waals surface area contributed by atoms with Crippen molar-refractivity contribution in [2.24, 2.45) is 5.92 Å². The number of hydrogen-bond acceptors (Lipinski definition) is 5. The molecule has 3 heterocycles. The molecule has 9 heteroatoms. The van der Waals surface area contributed by atoms with Crippen LogP contribution in [0.25, 0.3) is 0 Å². The van der Waals surface area contributed by atoms with Crippen LogP contribution in [0.3, 0.4) is 0 Å². The second-order valence-electron chi connectivity index (χ2n) is 8.86. The summed E-state index contributed by atoms with van der Waals surface area (Å²) in [6.45, 7) is 3.80. The van der Waals surface area contributed by atoms with Crippen molar-refractivity contribution in [1.29, 1.82) is 0 Å². The molecule has 5 rings (SSSR count). The van der Waals surface area contributed by atoms with Gasteiger partial charge in [-0.2, -0.15) is 4.31 Å². The molecule has 2 amide bonds. The number of thioether (sulfide) groups is 1. The average molecular weight is 486 g/mol. The van der Waals surface area contributed by atoms with Crippen LogP contribution >= 0.6 is 11.8 Å². The van der Waals surface area contributed by atoms with E-state index in [-0.39, 0.29) is 27.9 Å². The monoisotopic (exact) mass is 485 g/mol. The zero-order chi connectivity index (χ0) is 23.2. The smallest absolute Gasteiger partial charge is 0.243 e. The predicted octanol–water partition coefficient (Wildman–Crippen LogP) is 3.10. The summed E-state index contributed by atoms with van der Waals surface area (Å²) < 4.78 is 28.0. The lowest BCUT2D eigenvalue weighted by atomic mass is 9.94. The molecule has 1 atom stereocenters. The quantitative estimate of drug-likeness (QED) is 0.722. The zero-order valence-corrected chi connectivity index (χ0v) is 20.1. The Kier molecular flexibility index (Phi) is 5.96. The molecule has 3 aliphatic heterocycles. The molecule has 1 saturated heterocycles. The lowest BCUT2D eigenvalue weighted by molar-refractivity contribution is -0.137. The standard InChI is InChI=1S/C24H27N3O4S2/c1-16-23(28)25-21-14-20(6-7-22(21)32-16)33(30,31)27-12-9-18(10-13-27)24(29)26-11-8-17-4-2-3-5-19(17)15-26/h2-7,14,16,18H,8-13,15H2,1H3,(H,25,28). The number of amides is 2. The van der Waals surface area contributed by atoms with Gasteiger partial charge in [-0.1, -0.05) is 24.3 Å². The lowest BCUT2D eigenvalue weighted by Gasteiger charge is -2.35. The van der Waals surface area contributed by atoms with E-state index in [0.29, 0.717) is 44.7 Å². The molecule has 1 N–H and O–H groups in total. The summed E-state index contributed by atoms with van der Waals surface area (Å²) in [6.07, 6.45) is 1.90. The summed E-state index contributed by atoms with van der Waals surface area (Å²) in [7, 11) is -3.69. The van der Waals surface area contributed by atoms with Crippen LogP contribution < -0.4 is 5.32 Å². The summed E-state index contributed by atoms with van der Waals surface area (Å²) in [6, 6.07) is 13.1. The number of rotatable bonds is 3. The van der Waals surface area contributed by atoms with E-state index in [0.717, 1.165) is 11.3 Å². The number of hydrogen-bond donors (Lipinski definition) is 1. The molecular formula is C24H27N3O4S2. The van der Waals surface area contributed by atoms with Crippen LogP contribution in [0.5, 0.6) is 0 Å². The van der Waals surface area contributed by atoms with Gasteiger partial charge in [-0.05, 0) is 55.5 Å². The number of nitrogens with zero attached hydrogens (tertiary/aromatic N) is 2. The first-order valence-corrected chi connectivity index (χ1v) is 13.6. The van der Waals surface area contributed by atoms with Gasteiger partial charge in [0.05, 0.1) is 15.8 Å². The van der Waals surface area contributed by atoms with Gasteiger partial charge < -0.3 is 10.2 Å². The maximum Gasteiger partial charge on any atom is 0.243 e. The number of nitrogens with one attached hydrogen (secondary N) is 1. The maximum absolute atomic E-state index is 13.2. The molecule has 0 spiro atoms. The molecule has 0 aliphatic carbocycles. The normalized spacial score (nSPS) is 21.8. The molecule has 1 unspecified atom stereocenters. The van der Waals surface area contributed by atoms with Gasteiger partial charge >= 0.3 is 0 Å². The minimum Gasteiger partial charge on any atom is -0.338 e. The fourth-order valence-electron chi connectivity index (χ4n) is 4.78. The van der Waals surface area contributed by atoms with Gasteiger partial charge in [0.2, 0.25) is 21.8 Å². The Hall–Kier alpha value is -2.36. The van der Waals surface area contributed by atoms with Crippen LogP contribution in [0, 0.1) is 5.92 Å². The van der Waals surface area contributed by atoms with Gasteiger partial charge in [-0.3, -0.25) is 9.59 Å². The molecule has 1 fully saturated rings. The van der Waals surface area contributed by atoms with Crippen molar-refractivity contribution in [3.05, 3.63) is 53.6 Å². The molecule has 174 valence electrons. The second kappa shape index (κ2) is 8.77. The third-order valence-electron chi connectivity index (χ3n) is 6.77. The molecular weight excluding hydrogens is 458 g/mol. The average Bonchev–Trinajstić information content (AvgIpc) is 2.83. The van der Waals surface area contributed by atoms with Crippen molar-refractivity contribution in [2.75, 3.05) is 25.0 Å². The van der Waals surface area contributed by atoms with Gasteiger partial charge in [-0.15, -0.1) is 11.8 Å². The lowest BCUT2D eigenvalue weighted by Crippen LogP contribution is -2.45. The number of carbonyl (C=O) groups is 2. The predicted molar refractivity (Wildman–Crippen MR) is 127 cm³/mol. The van der Waals surface area contributed by atoms with E-state index in [1.54, 1.807) is 18.2 Å². The first-order valence-electron chi connectivity index (χ1n) is 11.3. The van der Waals surface area contributed by atoms with E-state index in [9.17, 15) is 18.0 Å². The molecule has 7 nitrogen and oxygen atoms in total. The molecule has 2 aromatic rings. The number of fused-ring (bicyclic) bond motifs is 2. The molecule has 2 aromatic carbocycles. The summed E-state index contributed by atoms with van der Waals surface area (Å²) >= 11 is 1.43. The van der Waals surface area contributed by atoms with Crippen molar-refractivity contribution in [3.8, 4) is 0 Å². The third-order valence-corrected chi connectivity index (χ3v) is 9.84. The summed E-state index contributed by atoms with van der Waals surface area (Å²) in [5.41, 5.74) is 3.04. The van der Waals surface area contributed by atoms with Crippen LogP contribution in [-0.2, 0) is 32.6 Å². The topological polar surface area (TPSA) is 86.8 Å². The van der Waals surface area contributed by atoms with Crippen molar-refractivity contribution in [3.63, 3.8) is 0 Å². The number of benzene rings is 2. The van der Waals surface area contributed by atoms with E-state index in [1.165, 1.54) is 27.2 Å². The van der Waals surface area contributed by atoms with E-state index >= 15 is 0 Å². The molecule has 0 aromatic heterocycles.